The molecule has 2 N–H and O–H groups in total. The lowest BCUT2D eigenvalue weighted by Gasteiger charge is -2.09. The molecule has 7 nitrogen and oxygen atoms in total. The maximum atomic E-state index is 11.7. The van der Waals surface area contributed by atoms with Gasteiger partial charge in [0.1, 0.15) is 12.4 Å². The molecule has 128 valence electrons. The van der Waals surface area contributed by atoms with Gasteiger partial charge in [-0.25, -0.2) is 8.42 Å². The third-order valence-electron chi connectivity index (χ3n) is 2.89. The molecule has 0 spiro atoms. The van der Waals surface area contributed by atoms with Gasteiger partial charge in [-0.05, 0) is 25.0 Å². The zero-order valence-corrected chi connectivity index (χ0v) is 13.8. The molecule has 0 heterocycles. The molecule has 0 aliphatic rings. The average molecular weight is 343 g/mol. The number of aliphatic carboxylic acids is 1. The third kappa shape index (κ3) is 9.51. The molecule has 0 bridgehead atoms. The minimum Gasteiger partial charge on any atom is -0.492 e. The number of carbonyl (C=O) groups excluding carboxylic acids is 1. The van der Waals surface area contributed by atoms with E-state index in [-0.39, 0.29) is 31.1 Å². The first-order valence-electron chi connectivity index (χ1n) is 7.18. The molecule has 23 heavy (non-hydrogen) atoms. The summed E-state index contributed by atoms with van der Waals surface area (Å²) in [6.45, 7) is 0.0470. The lowest BCUT2D eigenvalue weighted by atomic mass is 10.2. The molecule has 0 unspecified atom stereocenters. The number of anilines is 1. The van der Waals surface area contributed by atoms with Gasteiger partial charge in [-0.1, -0.05) is 6.07 Å². The quantitative estimate of drug-likeness (QED) is 0.626. The fourth-order valence-corrected chi connectivity index (χ4v) is 2.15. The molecule has 0 aliphatic carbocycles. The van der Waals surface area contributed by atoms with E-state index in [1.54, 1.807) is 24.3 Å². The summed E-state index contributed by atoms with van der Waals surface area (Å²) in [5.41, 5.74) is 0.546. The van der Waals surface area contributed by atoms with E-state index in [2.05, 4.69) is 5.32 Å². The lowest BCUT2D eigenvalue weighted by Crippen LogP contribution is -2.13. The van der Waals surface area contributed by atoms with Crippen molar-refractivity contribution in [3.05, 3.63) is 24.3 Å². The van der Waals surface area contributed by atoms with Crippen molar-refractivity contribution in [2.75, 3.05) is 23.9 Å². The molecule has 1 amide bonds. The summed E-state index contributed by atoms with van der Waals surface area (Å²) in [6, 6.07) is 6.66. The van der Waals surface area contributed by atoms with Crippen LogP contribution in [0.1, 0.15) is 25.7 Å². The Morgan fingerprint density at radius 3 is 2.57 bits per heavy atom. The first-order valence-corrected chi connectivity index (χ1v) is 9.24. The summed E-state index contributed by atoms with van der Waals surface area (Å²) in [4.78, 5) is 22.1. The van der Waals surface area contributed by atoms with E-state index in [1.807, 2.05) is 0 Å². The largest absolute Gasteiger partial charge is 0.492 e. The lowest BCUT2D eigenvalue weighted by molar-refractivity contribution is -0.137. The van der Waals surface area contributed by atoms with E-state index in [9.17, 15) is 18.0 Å². The molecule has 0 aromatic heterocycles. The first-order chi connectivity index (χ1) is 10.8. The number of benzene rings is 1. The van der Waals surface area contributed by atoms with Gasteiger partial charge >= 0.3 is 5.97 Å². The van der Waals surface area contributed by atoms with Crippen LogP contribution in [0.4, 0.5) is 5.69 Å². The Balaban J connectivity index is 2.40. The summed E-state index contributed by atoms with van der Waals surface area (Å²) in [5, 5.41) is 11.2. The number of ether oxygens (including phenoxy) is 1. The van der Waals surface area contributed by atoms with Gasteiger partial charge in [0.2, 0.25) is 5.91 Å². The molecule has 0 aliphatic heterocycles. The summed E-state index contributed by atoms with van der Waals surface area (Å²) in [6.07, 6.45) is 2.39. The highest BCUT2D eigenvalue weighted by molar-refractivity contribution is 7.90. The van der Waals surface area contributed by atoms with Crippen molar-refractivity contribution in [2.24, 2.45) is 0 Å². The molecular weight excluding hydrogens is 322 g/mol. The normalized spacial score (nSPS) is 11.0. The number of carboxylic acids is 1. The molecule has 8 heteroatoms. The number of sulfone groups is 1. The first kappa shape index (κ1) is 19.0. The second kappa shape index (κ2) is 9.14. The van der Waals surface area contributed by atoms with Crippen LogP contribution in [0.15, 0.2) is 24.3 Å². The predicted octanol–water partition coefficient (Wildman–Crippen LogP) is 1.69. The highest BCUT2D eigenvalue weighted by Crippen LogP contribution is 2.18. The van der Waals surface area contributed by atoms with Gasteiger partial charge in [0, 0.05) is 30.9 Å². The molecule has 1 aromatic carbocycles. The van der Waals surface area contributed by atoms with Crippen molar-refractivity contribution in [3.8, 4) is 5.75 Å². The van der Waals surface area contributed by atoms with Crippen LogP contribution in [0.5, 0.6) is 5.75 Å². The average Bonchev–Trinajstić information content (AvgIpc) is 2.42. The maximum absolute atomic E-state index is 11.7. The van der Waals surface area contributed by atoms with Crippen molar-refractivity contribution >= 4 is 27.4 Å². The summed E-state index contributed by atoms with van der Waals surface area (Å²) in [5.74, 6) is -0.682. The third-order valence-corrected chi connectivity index (χ3v) is 3.79. The summed E-state index contributed by atoms with van der Waals surface area (Å²) in [7, 11) is -3.08. The monoisotopic (exact) mass is 343 g/mol. The van der Waals surface area contributed by atoms with Crippen LogP contribution in [0, 0.1) is 0 Å². The SMILES string of the molecule is CS(=O)(=O)CCOc1cccc(NC(=O)CCCCC(=O)O)c1. The summed E-state index contributed by atoms with van der Waals surface area (Å²) < 4.78 is 27.4. The smallest absolute Gasteiger partial charge is 0.303 e. The Morgan fingerprint density at radius 2 is 1.91 bits per heavy atom. The van der Waals surface area contributed by atoms with Crippen LogP contribution in [0.25, 0.3) is 0 Å². The van der Waals surface area contributed by atoms with Crippen molar-refractivity contribution in [1.29, 1.82) is 0 Å². The number of carbonyl (C=O) groups is 2. The van der Waals surface area contributed by atoms with Crippen LogP contribution in [-0.2, 0) is 19.4 Å². The number of carboxylic acid groups (broad SMARTS) is 1. The molecule has 0 saturated heterocycles. The maximum Gasteiger partial charge on any atom is 0.303 e. The van der Waals surface area contributed by atoms with Crippen LogP contribution in [0.3, 0.4) is 0 Å². The molecule has 1 aromatic rings. The van der Waals surface area contributed by atoms with Crippen LogP contribution >= 0.6 is 0 Å². The minimum absolute atomic E-state index is 0.0470. The summed E-state index contributed by atoms with van der Waals surface area (Å²) >= 11 is 0. The Bertz CT molecular complexity index is 641. The van der Waals surface area contributed by atoms with E-state index in [0.717, 1.165) is 6.26 Å². The highest BCUT2D eigenvalue weighted by atomic mass is 32.2. The topological polar surface area (TPSA) is 110 Å². The van der Waals surface area contributed by atoms with Crippen molar-refractivity contribution in [1.82, 2.24) is 0 Å². The van der Waals surface area contributed by atoms with Crippen LogP contribution in [-0.4, -0.2) is 44.0 Å². The minimum atomic E-state index is -3.08. The molecule has 0 atom stereocenters. The zero-order valence-electron chi connectivity index (χ0n) is 12.9. The Morgan fingerprint density at radius 1 is 1.22 bits per heavy atom. The number of hydrogen-bond acceptors (Lipinski definition) is 5. The van der Waals surface area contributed by atoms with Crippen LogP contribution in [0.2, 0.25) is 0 Å². The number of nitrogens with one attached hydrogen (secondary N) is 1. The van der Waals surface area contributed by atoms with Gasteiger partial charge in [0.25, 0.3) is 0 Å². The Hall–Kier alpha value is -2.09. The van der Waals surface area contributed by atoms with Crippen molar-refractivity contribution in [3.63, 3.8) is 0 Å². The van der Waals surface area contributed by atoms with Gasteiger partial charge in [-0.3, -0.25) is 9.59 Å². The second-order valence-electron chi connectivity index (χ2n) is 5.16. The molecule has 0 fully saturated rings. The number of rotatable bonds is 10. The molecular formula is C15H21NO6S. The van der Waals surface area contributed by atoms with Crippen molar-refractivity contribution < 1.29 is 27.9 Å². The van der Waals surface area contributed by atoms with E-state index < -0.39 is 15.8 Å². The predicted molar refractivity (Wildman–Crippen MR) is 86.4 cm³/mol. The van der Waals surface area contributed by atoms with E-state index in [1.165, 1.54) is 0 Å². The van der Waals surface area contributed by atoms with Gasteiger partial charge in [-0.2, -0.15) is 0 Å². The van der Waals surface area contributed by atoms with Gasteiger partial charge < -0.3 is 15.2 Å². The van der Waals surface area contributed by atoms with E-state index >= 15 is 0 Å². The van der Waals surface area contributed by atoms with Crippen LogP contribution < -0.4 is 10.1 Å². The Kier molecular flexibility index (Phi) is 7.53. The number of amides is 1. The second-order valence-corrected chi connectivity index (χ2v) is 7.41. The van der Waals surface area contributed by atoms with Gasteiger partial charge in [0.15, 0.2) is 9.84 Å². The molecule has 0 radical (unpaired) electrons. The highest BCUT2D eigenvalue weighted by Gasteiger charge is 2.06. The van der Waals surface area contributed by atoms with Gasteiger partial charge in [0.05, 0.1) is 5.75 Å². The zero-order chi connectivity index (χ0) is 17.3. The molecule has 0 saturated carbocycles. The van der Waals surface area contributed by atoms with Gasteiger partial charge in [-0.15, -0.1) is 0 Å². The number of hydrogen-bond donors (Lipinski definition) is 2. The number of unbranched alkanes of at least 4 members (excludes halogenated alkanes) is 1. The molecule has 1 rings (SSSR count). The van der Waals surface area contributed by atoms with Crippen molar-refractivity contribution in [2.45, 2.75) is 25.7 Å². The van der Waals surface area contributed by atoms with E-state index in [0.29, 0.717) is 24.3 Å². The standard InChI is InChI=1S/C15H21NO6S/c1-23(20,21)10-9-22-13-6-4-5-12(11-13)16-14(17)7-2-3-8-15(18)19/h4-6,11H,2-3,7-10H2,1H3,(H,16,17)(H,18,19). The van der Waals surface area contributed by atoms with E-state index in [4.69, 9.17) is 9.84 Å². The fraction of sp³-hybridized carbons (Fsp3) is 0.467. The Labute approximate surface area is 135 Å². The fourth-order valence-electron chi connectivity index (χ4n) is 1.76.